The Morgan fingerprint density at radius 1 is 1.58 bits per heavy atom. The quantitative estimate of drug-likeness (QED) is 0.383. The fourth-order valence-electron chi connectivity index (χ4n) is 1.02. The van der Waals surface area contributed by atoms with Crippen molar-refractivity contribution in [3.8, 4) is 6.07 Å². The van der Waals surface area contributed by atoms with Crippen LogP contribution < -0.4 is 5.32 Å². The van der Waals surface area contributed by atoms with Gasteiger partial charge in [0.25, 0.3) is 0 Å². The van der Waals surface area contributed by atoms with Gasteiger partial charge in [-0.15, -0.1) is 5.10 Å². The predicted molar refractivity (Wildman–Crippen MR) is 63.8 cm³/mol. The third-order valence-electron chi connectivity index (χ3n) is 1.90. The number of carbonyl (C=O) groups is 2. The van der Waals surface area contributed by atoms with E-state index in [0.717, 1.165) is 11.8 Å². The van der Waals surface area contributed by atoms with Crippen LogP contribution in [-0.2, 0) is 20.9 Å². The number of carbonyl (C=O) groups excluding carboxylic acids is 2. The van der Waals surface area contributed by atoms with E-state index >= 15 is 0 Å². The van der Waals surface area contributed by atoms with E-state index in [-0.39, 0.29) is 24.6 Å². The second kappa shape index (κ2) is 8.04. The van der Waals surface area contributed by atoms with Crippen LogP contribution in [0.3, 0.4) is 0 Å². The summed E-state index contributed by atoms with van der Waals surface area (Å²) in [5, 5.41) is 22.0. The molecule has 0 atom stereocenters. The lowest BCUT2D eigenvalue weighted by Gasteiger charge is -2.03. The van der Waals surface area contributed by atoms with Crippen LogP contribution in [-0.4, -0.2) is 51.5 Å². The minimum Gasteiger partial charge on any atom is -0.468 e. The number of rotatable bonds is 7. The van der Waals surface area contributed by atoms with E-state index in [2.05, 4.69) is 25.6 Å². The van der Waals surface area contributed by atoms with Crippen LogP contribution in [0.2, 0.25) is 0 Å². The predicted octanol–water partition coefficient (Wildman–Crippen LogP) is -1.03. The van der Waals surface area contributed by atoms with Crippen LogP contribution in [0.15, 0.2) is 5.16 Å². The Morgan fingerprint density at radius 3 is 3.05 bits per heavy atom. The fourth-order valence-corrected chi connectivity index (χ4v) is 1.73. The number of thioether (sulfide) groups is 1. The maximum atomic E-state index is 11.4. The Morgan fingerprint density at radius 2 is 2.37 bits per heavy atom. The summed E-state index contributed by atoms with van der Waals surface area (Å²) in [7, 11) is 1.27. The molecule has 102 valence electrons. The number of nitrogens with zero attached hydrogens (tertiary/aromatic N) is 5. The van der Waals surface area contributed by atoms with Gasteiger partial charge in [0.2, 0.25) is 11.1 Å². The highest BCUT2D eigenvalue weighted by molar-refractivity contribution is 7.99. The highest BCUT2D eigenvalue weighted by Crippen LogP contribution is 2.12. The van der Waals surface area contributed by atoms with Gasteiger partial charge in [-0.2, -0.15) is 5.26 Å². The van der Waals surface area contributed by atoms with Gasteiger partial charge in [-0.1, -0.05) is 11.8 Å². The average Bonchev–Trinajstić information content (AvgIpc) is 2.84. The topological polar surface area (TPSA) is 123 Å². The zero-order valence-corrected chi connectivity index (χ0v) is 11.0. The first-order valence-corrected chi connectivity index (χ1v) is 6.25. The van der Waals surface area contributed by atoms with Crippen molar-refractivity contribution in [2.24, 2.45) is 0 Å². The molecule has 0 aliphatic heterocycles. The lowest BCUT2D eigenvalue weighted by molar-refractivity contribution is -0.141. The fraction of sp³-hybridized carbons (Fsp3) is 0.556. The molecule has 0 radical (unpaired) electrons. The summed E-state index contributed by atoms with van der Waals surface area (Å²) in [5.41, 5.74) is 0. The normalized spacial score (nSPS) is 9.68. The molecule has 0 bridgehead atoms. The number of nitrogens with one attached hydrogen (secondary N) is 1. The summed E-state index contributed by atoms with van der Waals surface area (Å²) in [6.07, 6.45) is 0.260. The van der Waals surface area contributed by atoms with Crippen LogP contribution in [0.25, 0.3) is 0 Å². The Hall–Kier alpha value is -2.15. The lowest BCUT2D eigenvalue weighted by Crippen LogP contribution is -2.26. The standard InChI is InChI=1S/C9H12N6O3S/c1-18-8(17)5-15-9(12-13-14-15)19-6-7(16)11-4-2-3-10/h2,4-6H2,1H3,(H,11,16). The summed E-state index contributed by atoms with van der Waals surface area (Å²) >= 11 is 1.10. The molecule has 1 heterocycles. The third kappa shape index (κ3) is 5.35. The van der Waals surface area contributed by atoms with Crippen molar-refractivity contribution < 1.29 is 14.3 Å². The molecule has 19 heavy (non-hydrogen) atoms. The summed E-state index contributed by atoms with van der Waals surface area (Å²) in [4.78, 5) is 22.5. The van der Waals surface area contributed by atoms with Crippen LogP contribution in [0, 0.1) is 11.3 Å². The SMILES string of the molecule is COC(=O)Cn1nnnc1SCC(=O)NCCC#N. The molecule has 9 nitrogen and oxygen atoms in total. The van der Waals surface area contributed by atoms with Crippen LogP contribution in [0.4, 0.5) is 0 Å². The van der Waals surface area contributed by atoms with Gasteiger partial charge < -0.3 is 10.1 Å². The molecule has 1 N–H and O–H groups in total. The number of esters is 1. The molecular weight excluding hydrogens is 272 g/mol. The zero-order valence-electron chi connectivity index (χ0n) is 10.2. The van der Waals surface area contributed by atoms with Crippen molar-refractivity contribution in [2.75, 3.05) is 19.4 Å². The molecule has 0 aliphatic carbocycles. The molecule has 0 unspecified atom stereocenters. The molecule has 0 fully saturated rings. The minimum atomic E-state index is -0.479. The Kier molecular flexibility index (Phi) is 6.31. The number of amides is 1. The second-order valence-electron chi connectivity index (χ2n) is 3.24. The van der Waals surface area contributed by atoms with E-state index in [4.69, 9.17) is 5.26 Å². The van der Waals surface area contributed by atoms with Crippen molar-refractivity contribution in [3.63, 3.8) is 0 Å². The molecule has 0 aliphatic rings. The summed E-state index contributed by atoms with van der Waals surface area (Å²) in [5.74, 6) is -0.604. The van der Waals surface area contributed by atoms with E-state index < -0.39 is 5.97 Å². The Bertz CT molecular complexity index is 483. The average molecular weight is 284 g/mol. The van der Waals surface area contributed by atoms with Crippen molar-refractivity contribution in [1.82, 2.24) is 25.5 Å². The van der Waals surface area contributed by atoms with Gasteiger partial charge in [0.15, 0.2) is 0 Å². The number of aromatic nitrogens is 4. The van der Waals surface area contributed by atoms with Gasteiger partial charge in [-0.3, -0.25) is 9.59 Å². The van der Waals surface area contributed by atoms with Gasteiger partial charge in [0, 0.05) is 6.54 Å². The molecule has 1 amide bonds. The largest absolute Gasteiger partial charge is 0.468 e. The first kappa shape index (κ1) is 14.9. The zero-order chi connectivity index (χ0) is 14.1. The first-order valence-electron chi connectivity index (χ1n) is 5.26. The second-order valence-corrected chi connectivity index (χ2v) is 4.18. The van der Waals surface area contributed by atoms with Crippen LogP contribution in [0.1, 0.15) is 6.42 Å². The molecule has 1 rings (SSSR count). The molecule has 10 heteroatoms. The van der Waals surface area contributed by atoms with E-state index in [0.29, 0.717) is 11.7 Å². The molecule has 0 saturated carbocycles. The molecule has 0 saturated heterocycles. The first-order chi connectivity index (χ1) is 9.17. The minimum absolute atomic E-state index is 0.104. The number of ether oxygens (including phenoxy) is 1. The monoisotopic (exact) mass is 284 g/mol. The van der Waals surface area contributed by atoms with Gasteiger partial charge >= 0.3 is 5.97 Å². The molecular formula is C9H12N6O3S. The summed E-state index contributed by atoms with van der Waals surface area (Å²) in [6.45, 7) is 0.199. The molecule has 0 spiro atoms. The lowest BCUT2D eigenvalue weighted by atomic mass is 10.4. The van der Waals surface area contributed by atoms with Gasteiger partial charge in [-0.25, -0.2) is 4.68 Å². The molecule has 0 aromatic carbocycles. The van der Waals surface area contributed by atoms with Gasteiger partial charge in [0.05, 0.1) is 25.4 Å². The highest BCUT2D eigenvalue weighted by atomic mass is 32.2. The maximum Gasteiger partial charge on any atom is 0.327 e. The Labute approximate surface area is 113 Å². The number of methoxy groups -OCH3 is 1. The van der Waals surface area contributed by atoms with E-state index in [1.807, 2.05) is 6.07 Å². The van der Waals surface area contributed by atoms with Crippen LogP contribution in [0.5, 0.6) is 0 Å². The van der Waals surface area contributed by atoms with Crippen LogP contribution >= 0.6 is 11.8 Å². The van der Waals surface area contributed by atoms with E-state index in [1.165, 1.54) is 11.8 Å². The van der Waals surface area contributed by atoms with Gasteiger partial charge in [-0.05, 0) is 10.4 Å². The number of nitriles is 1. The number of hydrogen-bond donors (Lipinski definition) is 1. The van der Waals surface area contributed by atoms with E-state index in [1.54, 1.807) is 0 Å². The van der Waals surface area contributed by atoms with E-state index in [9.17, 15) is 9.59 Å². The molecule has 1 aromatic heterocycles. The highest BCUT2D eigenvalue weighted by Gasteiger charge is 2.12. The Balaban J connectivity index is 2.41. The summed E-state index contributed by atoms with van der Waals surface area (Å²) in [6, 6.07) is 1.92. The smallest absolute Gasteiger partial charge is 0.327 e. The molecule has 1 aromatic rings. The number of hydrogen-bond acceptors (Lipinski definition) is 8. The van der Waals surface area contributed by atoms with Crippen molar-refractivity contribution in [2.45, 2.75) is 18.1 Å². The summed E-state index contributed by atoms with van der Waals surface area (Å²) < 4.78 is 5.74. The van der Waals surface area contributed by atoms with Crippen molar-refractivity contribution in [1.29, 1.82) is 5.26 Å². The maximum absolute atomic E-state index is 11.4. The van der Waals surface area contributed by atoms with Gasteiger partial charge in [0.1, 0.15) is 6.54 Å². The number of tetrazole rings is 1. The third-order valence-corrected chi connectivity index (χ3v) is 2.85. The van der Waals surface area contributed by atoms with Crippen molar-refractivity contribution >= 4 is 23.6 Å². The van der Waals surface area contributed by atoms with Crippen molar-refractivity contribution in [3.05, 3.63) is 0 Å².